The van der Waals surface area contributed by atoms with Gasteiger partial charge in [-0.1, -0.05) is 13.8 Å². The zero-order valence-corrected chi connectivity index (χ0v) is 10.9. The van der Waals surface area contributed by atoms with Gasteiger partial charge in [-0.15, -0.1) is 0 Å². The number of carbonyl (C=O) groups is 1. The Morgan fingerprint density at radius 2 is 2.11 bits per heavy atom. The highest BCUT2D eigenvalue weighted by molar-refractivity contribution is 5.99. The first-order chi connectivity index (χ1) is 8.61. The SMILES string of the molecule is CC1CC(C)CN(C(=O)c2cnccc2NN)C1. The minimum Gasteiger partial charge on any atom is -0.338 e. The van der Waals surface area contributed by atoms with E-state index in [0.29, 0.717) is 23.1 Å². The molecule has 1 aliphatic heterocycles. The number of nitrogens with two attached hydrogens (primary N) is 1. The summed E-state index contributed by atoms with van der Waals surface area (Å²) in [5.74, 6) is 6.52. The van der Waals surface area contributed by atoms with E-state index in [1.165, 1.54) is 6.42 Å². The predicted octanol–water partition coefficient (Wildman–Crippen LogP) is 1.49. The fourth-order valence-corrected chi connectivity index (χ4v) is 2.69. The largest absolute Gasteiger partial charge is 0.338 e. The summed E-state index contributed by atoms with van der Waals surface area (Å²) in [6.07, 6.45) is 4.37. The van der Waals surface area contributed by atoms with E-state index in [2.05, 4.69) is 24.3 Å². The van der Waals surface area contributed by atoms with Crippen molar-refractivity contribution in [2.45, 2.75) is 20.3 Å². The molecule has 18 heavy (non-hydrogen) atoms. The predicted molar refractivity (Wildman–Crippen MR) is 70.9 cm³/mol. The van der Waals surface area contributed by atoms with E-state index < -0.39 is 0 Å². The van der Waals surface area contributed by atoms with Crippen molar-refractivity contribution in [2.75, 3.05) is 18.5 Å². The van der Waals surface area contributed by atoms with E-state index >= 15 is 0 Å². The lowest BCUT2D eigenvalue weighted by Gasteiger charge is -2.35. The molecule has 1 aliphatic rings. The van der Waals surface area contributed by atoms with Gasteiger partial charge in [-0.3, -0.25) is 15.6 Å². The quantitative estimate of drug-likeness (QED) is 0.614. The molecule has 5 heteroatoms. The maximum absolute atomic E-state index is 12.5. The Kier molecular flexibility index (Phi) is 3.81. The standard InChI is InChI=1S/C13H20N4O/c1-9-5-10(2)8-17(7-9)13(18)11-6-15-4-3-12(11)16-14/h3-4,6,9-10H,5,7-8,14H2,1-2H3,(H,15,16). The van der Waals surface area contributed by atoms with Gasteiger partial charge in [0.25, 0.3) is 5.91 Å². The molecule has 0 aromatic carbocycles. The van der Waals surface area contributed by atoms with Gasteiger partial charge >= 0.3 is 0 Å². The van der Waals surface area contributed by atoms with Gasteiger partial charge in [0, 0.05) is 25.5 Å². The molecule has 0 spiro atoms. The molecule has 0 radical (unpaired) electrons. The van der Waals surface area contributed by atoms with Gasteiger partial charge in [-0.25, -0.2) is 0 Å². The van der Waals surface area contributed by atoms with Gasteiger partial charge in [0.2, 0.25) is 0 Å². The molecule has 98 valence electrons. The van der Waals surface area contributed by atoms with Crippen LogP contribution in [0.3, 0.4) is 0 Å². The van der Waals surface area contributed by atoms with E-state index in [9.17, 15) is 4.79 Å². The Balaban J connectivity index is 2.20. The van der Waals surface area contributed by atoms with Crippen LogP contribution in [0.5, 0.6) is 0 Å². The first kappa shape index (κ1) is 12.8. The van der Waals surface area contributed by atoms with E-state index in [1.54, 1.807) is 18.5 Å². The molecule has 1 saturated heterocycles. The second-order valence-electron chi connectivity index (χ2n) is 5.22. The molecular weight excluding hydrogens is 228 g/mol. The first-order valence-corrected chi connectivity index (χ1v) is 6.31. The Morgan fingerprint density at radius 1 is 1.44 bits per heavy atom. The van der Waals surface area contributed by atoms with Gasteiger partial charge < -0.3 is 10.3 Å². The Morgan fingerprint density at radius 3 is 2.72 bits per heavy atom. The van der Waals surface area contributed by atoms with Crippen LogP contribution < -0.4 is 11.3 Å². The van der Waals surface area contributed by atoms with Gasteiger partial charge in [0.15, 0.2) is 0 Å². The average Bonchev–Trinajstić information content (AvgIpc) is 2.36. The Hall–Kier alpha value is -1.62. The molecule has 0 saturated carbocycles. The molecule has 2 unspecified atom stereocenters. The lowest BCUT2D eigenvalue weighted by atomic mass is 9.91. The smallest absolute Gasteiger partial charge is 0.257 e. The number of rotatable bonds is 2. The highest BCUT2D eigenvalue weighted by Crippen LogP contribution is 2.24. The van der Waals surface area contributed by atoms with Crippen LogP contribution in [-0.2, 0) is 0 Å². The van der Waals surface area contributed by atoms with Crippen LogP contribution in [0, 0.1) is 11.8 Å². The van der Waals surface area contributed by atoms with Crippen molar-refractivity contribution in [1.29, 1.82) is 0 Å². The maximum atomic E-state index is 12.5. The lowest BCUT2D eigenvalue weighted by molar-refractivity contribution is 0.0623. The Bertz CT molecular complexity index is 425. The van der Waals surface area contributed by atoms with Crippen molar-refractivity contribution >= 4 is 11.6 Å². The summed E-state index contributed by atoms with van der Waals surface area (Å²) >= 11 is 0. The van der Waals surface area contributed by atoms with Crippen LogP contribution in [0.15, 0.2) is 18.5 Å². The summed E-state index contributed by atoms with van der Waals surface area (Å²) in [6, 6.07) is 1.71. The number of amides is 1. The van der Waals surface area contributed by atoms with Crippen LogP contribution in [0.25, 0.3) is 0 Å². The van der Waals surface area contributed by atoms with Crippen molar-refractivity contribution in [3.8, 4) is 0 Å². The van der Waals surface area contributed by atoms with Gasteiger partial charge in [-0.05, 0) is 24.3 Å². The highest BCUT2D eigenvalue weighted by atomic mass is 16.2. The number of hydrogen-bond acceptors (Lipinski definition) is 4. The molecule has 1 fully saturated rings. The zero-order chi connectivity index (χ0) is 13.1. The average molecular weight is 248 g/mol. The minimum absolute atomic E-state index is 0.00875. The summed E-state index contributed by atoms with van der Waals surface area (Å²) in [4.78, 5) is 18.4. The van der Waals surface area contributed by atoms with Gasteiger partial charge in [0.1, 0.15) is 0 Å². The van der Waals surface area contributed by atoms with E-state index in [4.69, 9.17) is 5.84 Å². The third-order valence-electron chi connectivity index (χ3n) is 3.36. The summed E-state index contributed by atoms with van der Waals surface area (Å²) in [5.41, 5.74) is 3.72. The lowest BCUT2D eigenvalue weighted by Crippen LogP contribution is -2.42. The normalized spacial score (nSPS) is 23.8. The number of carbonyl (C=O) groups excluding carboxylic acids is 1. The van der Waals surface area contributed by atoms with Gasteiger partial charge in [0.05, 0.1) is 11.3 Å². The number of pyridine rings is 1. The zero-order valence-electron chi connectivity index (χ0n) is 10.9. The summed E-state index contributed by atoms with van der Waals surface area (Å²) in [5, 5.41) is 0. The monoisotopic (exact) mass is 248 g/mol. The molecule has 2 rings (SSSR count). The van der Waals surface area contributed by atoms with Crippen LogP contribution in [0.4, 0.5) is 5.69 Å². The van der Waals surface area contributed by atoms with E-state index in [1.807, 2.05) is 4.90 Å². The molecule has 1 aromatic rings. The maximum Gasteiger partial charge on any atom is 0.257 e. The topological polar surface area (TPSA) is 71.2 Å². The van der Waals surface area contributed by atoms with E-state index in [-0.39, 0.29) is 5.91 Å². The van der Waals surface area contributed by atoms with E-state index in [0.717, 1.165) is 13.1 Å². The number of nitrogens with one attached hydrogen (secondary N) is 1. The highest BCUT2D eigenvalue weighted by Gasteiger charge is 2.27. The molecule has 5 nitrogen and oxygen atoms in total. The number of hydrogen-bond donors (Lipinski definition) is 2. The molecule has 3 N–H and O–H groups in total. The number of nitrogen functional groups attached to an aromatic ring is 1. The number of hydrazine groups is 1. The third-order valence-corrected chi connectivity index (χ3v) is 3.36. The second-order valence-corrected chi connectivity index (χ2v) is 5.22. The fraction of sp³-hybridized carbons (Fsp3) is 0.538. The van der Waals surface area contributed by atoms with Crippen molar-refractivity contribution in [1.82, 2.24) is 9.88 Å². The van der Waals surface area contributed by atoms with Crippen molar-refractivity contribution in [2.24, 2.45) is 17.7 Å². The van der Waals surface area contributed by atoms with Crippen molar-refractivity contribution in [3.63, 3.8) is 0 Å². The minimum atomic E-state index is 0.00875. The van der Waals surface area contributed by atoms with Crippen LogP contribution in [0.2, 0.25) is 0 Å². The number of likely N-dealkylation sites (tertiary alicyclic amines) is 1. The summed E-state index contributed by atoms with van der Waals surface area (Å²) in [7, 11) is 0. The molecule has 2 heterocycles. The first-order valence-electron chi connectivity index (χ1n) is 6.31. The van der Waals surface area contributed by atoms with Gasteiger partial charge in [-0.2, -0.15) is 0 Å². The fourth-order valence-electron chi connectivity index (χ4n) is 2.69. The summed E-state index contributed by atoms with van der Waals surface area (Å²) < 4.78 is 0. The van der Waals surface area contributed by atoms with Crippen molar-refractivity contribution < 1.29 is 4.79 Å². The second kappa shape index (κ2) is 5.35. The van der Waals surface area contributed by atoms with Crippen molar-refractivity contribution in [3.05, 3.63) is 24.0 Å². The molecular formula is C13H20N4O. The molecule has 0 aliphatic carbocycles. The third kappa shape index (κ3) is 2.61. The molecule has 0 bridgehead atoms. The number of piperidine rings is 1. The number of aromatic nitrogens is 1. The molecule has 1 aromatic heterocycles. The summed E-state index contributed by atoms with van der Waals surface area (Å²) in [6.45, 7) is 5.98. The van der Waals surface area contributed by atoms with Crippen LogP contribution in [-0.4, -0.2) is 28.9 Å². The number of anilines is 1. The number of nitrogens with zero attached hydrogens (tertiary/aromatic N) is 2. The molecule has 2 atom stereocenters. The molecule has 1 amide bonds. The van der Waals surface area contributed by atoms with Crippen LogP contribution in [0.1, 0.15) is 30.6 Å². The Labute approximate surface area is 107 Å². The van der Waals surface area contributed by atoms with Crippen LogP contribution >= 0.6 is 0 Å².